The summed E-state index contributed by atoms with van der Waals surface area (Å²) in [6.07, 6.45) is -15.1. The van der Waals surface area contributed by atoms with Crippen molar-refractivity contribution in [2.45, 2.75) is 89.2 Å². The molecular formula is C35H36F9NO5. The van der Waals surface area contributed by atoms with E-state index in [4.69, 9.17) is 14.6 Å². The topological polar surface area (TPSA) is 79.2 Å². The van der Waals surface area contributed by atoms with E-state index in [1.54, 1.807) is 24.0 Å². The monoisotopic (exact) mass is 721 g/mol. The van der Waals surface area contributed by atoms with Crippen molar-refractivity contribution in [1.82, 2.24) is 4.90 Å². The Labute approximate surface area is 282 Å². The van der Waals surface area contributed by atoms with Crippen molar-refractivity contribution in [2.75, 3.05) is 13.7 Å². The van der Waals surface area contributed by atoms with E-state index in [1.807, 2.05) is 0 Å². The molecule has 1 fully saturated rings. The molecule has 3 aromatic carbocycles. The minimum Gasteiger partial charge on any atom is -0.496 e. The maximum Gasteiger partial charge on any atom is 0.416 e. The van der Waals surface area contributed by atoms with Gasteiger partial charge in [0.1, 0.15) is 11.5 Å². The van der Waals surface area contributed by atoms with Crippen LogP contribution in [-0.4, -0.2) is 46.9 Å². The van der Waals surface area contributed by atoms with Crippen molar-refractivity contribution in [3.8, 4) is 22.6 Å². The van der Waals surface area contributed by atoms with Gasteiger partial charge in [-0.15, -0.1) is 0 Å². The Bertz CT molecular complexity index is 1630. The maximum absolute atomic E-state index is 14.0. The number of hydrogen-bond donors (Lipinski definition) is 2. The molecule has 1 aliphatic rings. The number of aliphatic hydroxyl groups excluding tert-OH is 1. The number of halogens is 9. The first kappa shape index (κ1) is 38.8. The number of benzene rings is 3. The summed E-state index contributed by atoms with van der Waals surface area (Å²) in [5.41, 5.74) is -3.54. The van der Waals surface area contributed by atoms with Crippen LogP contribution in [0.1, 0.15) is 78.5 Å². The predicted octanol–water partition coefficient (Wildman–Crippen LogP) is 9.45. The zero-order valence-corrected chi connectivity index (χ0v) is 27.3. The van der Waals surface area contributed by atoms with Crippen LogP contribution in [0.4, 0.5) is 39.5 Å². The van der Waals surface area contributed by atoms with Gasteiger partial charge < -0.3 is 19.7 Å². The summed E-state index contributed by atoms with van der Waals surface area (Å²) in [6, 6.07) is 5.54. The van der Waals surface area contributed by atoms with E-state index < -0.39 is 58.9 Å². The Kier molecular flexibility index (Phi) is 11.7. The SMILES string of the molecule is COc1cc(C)c(OCCCC(=O)O)cc1-c1ccc(C(F)(F)F)cc1CN(C1CCC1)[C@@H](C)[C@H](O)c1cc(C(F)(F)F)cc(C(F)(F)F)c1. The van der Waals surface area contributed by atoms with E-state index >= 15 is 0 Å². The van der Waals surface area contributed by atoms with Gasteiger partial charge in [0.15, 0.2) is 0 Å². The molecule has 50 heavy (non-hydrogen) atoms. The average Bonchev–Trinajstić information content (AvgIpc) is 3.00. The van der Waals surface area contributed by atoms with Gasteiger partial charge in [0.05, 0.1) is 36.5 Å². The van der Waals surface area contributed by atoms with Crippen LogP contribution >= 0.6 is 0 Å². The van der Waals surface area contributed by atoms with E-state index in [0.717, 1.165) is 18.6 Å². The number of nitrogens with zero attached hydrogens (tertiary/aromatic N) is 1. The first-order valence-corrected chi connectivity index (χ1v) is 15.7. The van der Waals surface area contributed by atoms with Crippen molar-refractivity contribution in [3.05, 3.63) is 81.9 Å². The highest BCUT2D eigenvalue weighted by atomic mass is 19.4. The summed E-state index contributed by atoms with van der Waals surface area (Å²) in [5, 5.41) is 20.2. The van der Waals surface area contributed by atoms with Crippen LogP contribution in [0.25, 0.3) is 11.1 Å². The smallest absolute Gasteiger partial charge is 0.416 e. The number of carboxylic acid groups (broad SMARTS) is 1. The number of methoxy groups -OCH3 is 1. The molecule has 0 bridgehead atoms. The largest absolute Gasteiger partial charge is 0.496 e. The molecule has 3 aromatic rings. The fourth-order valence-corrected chi connectivity index (χ4v) is 5.90. The van der Waals surface area contributed by atoms with Crippen LogP contribution in [0.15, 0.2) is 48.5 Å². The Morgan fingerprint density at radius 2 is 1.46 bits per heavy atom. The van der Waals surface area contributed by atoms with Gasteiger partial charge in [0.2, 0.25) is 0 Å². The van der Waals surface area contributed by atoms with Gasteiger partial charge in [-0.1, -0.05) is 12.5 Å². The summed E-state index contributed by atoms with van der Waals surface area (Å²) < 4.78 is 135. The lowest BCUT2D eigenvalue weighted by molar-refractivity contribution is -0.143. The molecule has 0 heterocycles. The molecule has 1 aliphatic carbocycles. The normalized spacial score (nSPS) is 15.5. The zero-order valence-electron chi connectivity index (χ0n) is 27.3. The number of ether oxygens (including phenoxy) is 2. The van der Waals surface area contributed by atoms with Crippen molar-refractivity contribution < 1.29 is 64.0 Å². The predicted molar refractivity (Wildman–Crippen MR) is 165 cm³/mol. The second-order valence-electron chi connectivity index (χ2n) is 12.3. The average molecular weight is 722 g/mol. The first-order chi connectivity index (χ1) is 23.2. The van der Waals surface area contributed by atoms with Gasteiger partial charge in [-0.2, -0.15) is 39.5 Å². The minimum atomic E-state index is -5.15. The molecule has 0 aromatic heterocycles. The van der Waals surface area contributed by atoms with Crippen LogP contribution in [0.2, 0.25) is 0 Å². The standard InChI is InChI=1S/C35H36F9NO5/c1-19-12-30(49-3)28(17-29(19)50-11-5-8-31(46)47)27-10-9-23(33(36,37)38)15-22(27)18-45(26-6-4-7-26)20(2)32(48)21-13-24(34(39,40)41)16-25(14-21)35(42,43)44/h9-10,12-17,20,26,32,48H,4-8,11,18H2,1-3H3,(H,46,47)/t20-,32-/m0/s1. The molecular weight excluding hydrogens is 685 g/mol. The van der Waals surface area contributed by atoms with Crippen LogP contribution in [0.3, 0.4) is 0 Å². The van der Waals surface area contributed by atoms with E-state index in [9.17, 15) is 49.4 Å². The van der Waals surface area contributed by atoms with Crippen LogP contribution in [-0.2, 0) is 29.9 Å². The number of hydrogen-bond acceptors (Lipinski definition) is 5. The molecule has 0 amide bonds. The summed E-state index contributed by atoms with van der Waals surface area (Å²) >= 11 is 0. The maximum atomic E-state index is 14.0. The molecule has 2 atom stereocenters. The summed E-state index contributed by atoms with van der Waals surface area (Å²) in [6.45, 7) is 2.87. The van der Waals surface area contributed by atoms with Crippen molar-refractivity contribution in [1.29, 1.82) is 0 Å². The fraction of sp³-hybridized carbons (Fsp3) is 0.457. The highest BCUT2D eigenvalue weighted by Crippen LogP contribution is 2.43. The first-order valence-electron chi connectivity index (χ1n) is 15.7. The summed E-state index contributed by atoms with van der Waals surface area (Å²) in [5.74, 6) is -0.422. The molecule has 15 heteroatoms. The number of alkyl halides is 9. The van der Waals surface area contributed by atoms with Gasteiger partial charge in [0.25, 0.3) is 0 Å². The lowest BCUT2D eigenvalue weighted by Gasteiger charge is -2.43. The van der Waals surface area contributed by atoms with Gasteiger partial charge in [-0.05, 0) is 97.8 Å². The van der Waals surface area contributed by atoms with Gasteiger partial charge >= 0.3 is 24.5 Å². The highest BCUT2D eigenvalue weighted by Gasteiger charge is 2.40. The Balaban J connectivity index is 1.80. The van der Waals surface area contributed by atoms with Crippen LogP contribution in [0, 0.1) is 6.92 Å². The summed E-state index contributed by atoms with van der Waals surface area (Å²) in [7, 11) is 1.36. The summed E-state index contributed by atoms with van der Waals surface area (Å²) in [4.78, 5) is 12.5. The number of aryl methyl sites for hydroxylation is 1. The number of carbonyl (C=O) groups is 1. The highest BCUT2D eigenvalue weighted by molar-refractivity contribution is 5.76. The van der Waals surface area contributed by atoms with Crippen molar-refractivity contribution in [3.63, 3.8) is 0 Å². The third-order valence-electron chi connectivity index (χ3n) is 8.84. The number of aliphatic carboxylic acids is 1. The van der Waals surface area contributed by atoms with Gasteiger partial charge in [0, 0.05) is 30.6 Å². The molecule has 4 rings (SSSR count). The van der Waals surface area contributed by atoms with Gasteiger partial charge in [-0.3, -0.25) is 9.69 Å². The van der Waals surface area contributed by atoms with Crippen molar-refractivity contribution in [2.24, 2.45) is 0 Å². The number of carboxylic acids is 1. The second-order valence-corrected chi connectivity index (χ2v) is 12.3. The van der Waals surface area contributed by atoms with Crippen LogP contribution in [0.5, 0.6) is 11.5 Å². The molecule has 0 radical (unpaired) electrons. The van der Waals surface area contributed by atoms with Crippen LogP contribution < -0.4 is 9.47 Å². The minimum absolute atomic E-state index is 0.0369. The van der Waals surface area contributed by atoms with E-state index in [-0.39, 0.29) is 55.0 Å². The molecule has 6 nitrogen and oxygen atoms in total. The lowest BCUT2D eigenvalue weighted by Crippen LogP contribution is -2.47. The number of aliphatic hydroxyl groups is 1. The quantitative estimate of drug-likeness (QED) is 0.135. The Morgan fingerprint density at radius 1 is 0.860 bits per heavy atom. The second kappa shape index (κ2) is 15.1. The Hall–Kier alpha value is -3.98. The van der Waals surface area contributed by atoms with E-state index in [1.165, 1.54) is 20.1 Å². The molecule has 0 saturated heterocycles. The third-order valence-corrected chi connectivity index (χ3v) is 8.84. The van der Waals surface area contributed by atoms with E-state index in [0.29, 0.717) is 41.9 Å². The third kappa shape index (κ3) is 9.22. The zero-order chi connectivity index (χ0) is 37.2. The van der Waals surface area contributed by atoms with E-state index in [2.05, 4.69) is 0 Å². The molecule has 274 valence electrons. The fourth-order valence-electron chi connectivity index (χ4n) is 5.90. The Morgan fingerprint density at radius 3 is 1.96 bits per heavy atom. The molecule has 2 N–H and O–H groups in total. The molecule has 0 spiro atoms. The lowest BCUT2D eigenvalue weighted by atomic mass is 9.87. The number of rotatable bonds is 13. The van der Waals surface area contributed by atoms with Crippen molar-refractivity contribution >= 4 is 5.97 Å². The molecule has 0 aliphatic heterocycles. The molecule has 0 unspecified atom stereocenters. The van der Waals surface area contributed by atoms with Gasteiger partial charge in [-0.25, -0.2) is 0 Å². The molecule has 1 saturated carbocycles.